The van der Waals surface area contributed by atoms with Crippen molar-refractivity contribution in [3.8, 4) is 0 Å². The molecule has 0 atom stereocenters. The summed E-state index contributed by atoms with van der Waals surface area (Å²) < 4.78 is 0. The zero-order valence-corrected chi connectivity index (χ0v) is 10.5. The molecule has 94 valence electrons. The first-order valence-electron chi connectivity index (χ1n) is 6.59. The van der Waals surface area contributed by atoms with E-state index in [1.54, 1.807) is 0 Å². The minimum atomic E-state index is 0.863. The first-order valence-corrected chi connectivity index (χ1v) is 6.59. The van der Waals surface area contributed by atoms with Crippen LogP contribution in [0.5, 0.6) is 0 Å². The fraction of sp³-hybridized carbons (Fsp3) is 0.333. The molecule has 1 aliphatic rings. The van der Waals surface area contributed by atoms with E-state index in [1.807, 2.05) is 12.1 Å². The highest BCUT2D eigenvalue weighted by molar-refractivity contribution is 6.01. The summed E-state index contributed by atoms with van der Waals surface area (Å²) in [4.78, 5) is 2.46. The van der Waals surface area contributed by atoms with E-state index in [4.69, 9.17) is 5.73 Å². The molecular weight excluding hydrogens is 222 g/mol. The average molecular weight is 241 g/mol. The first kappa shape index (κ1) is 11.4. The Morgan fingerprint density at radius 2 is 1.78 bits per heavy atom. The van der Waals surface area contributed by atoms with Crippen LogP contribution in [0.4, 0.5) is 11.4 Å². The number of nitrogens with one attached hydrogen (secondary N) is 1. The summed E-state index contributed by atoms with van der Waals surface area (Å²) in [5.74, 6) is 0. The summed E-state index contributed by atoms with van der Waals surface area (Å²) in [5, 5.41) is 5.86. The minimum absolute atomic E-state index is 0.863. The third kappa shape index (κ3) is 2.02. The molecule has 1 fully saturated rings. The van der Waals surface area contributed by atoms with Gasteiger partial charge < -0.3 is 16.0 Å². The van der Waals surface area contributed by atoms with Gasteiger partial charge in [-0.1, -0.05) is 24.3 Å². The molecule has 0 radical (unpaired) electrons. The average Bonchev–Trinajstić information content (AvgIpc) is 2.68. The molecule has 1 aliphatic heterocycles. The number of anilines is 2. The fourth-order valence-electron chi connectivity index (χ4n) is 2.67. The molecule has 3 nitrogen and oxygen atoms in total. The van der Waals surface area contributed by atoms with Gasteiger partial charge in [0.1, 0.15) is 0 Å². The lowest BCUT2D eigenvalue weighted by atomic mass is 10.1. The van der Waals surface area contributed by atoms with Crippen molar-refractivity contribution in [3.63, 3.8) is 0 Å². The van der Waals surface area contributed by atoms with Gasteiger partial charge >= 0.3 is 0 Å². The molecule has 1 saturated heterocycles. The highest BCUT2D eigenvalue weighted by Gasteiger charge is 2.12. The molecule has 3 heteroatoms. The number of nitrogen functional groups attached to an aromatic ring is 1. The topological polar surface area (TPSA) is 41.3 Å². The molecule has 0 aromatic heterocycles. The zero-order chi connectivity index (χ0) is 12.4. The van der Waals surface area contributed by atoms with Gasteiger partial charge in [0.25, 0.3) is 0 Å². The molecule has 0 aliphatic carbocycles. The highest BCUT2D eigenvalue weighted by atomic mass is 15.2. The maximum atomic E-state index is 6.05. The van der Waals surface area contributed by atoms with E-state index in [9.17, 15) is 0 Å². The van der Waals surface area contributed by atoms with Gasteiger partial charge in [-0.2, -0.15) is 0 Å². The molecule has 2 aromatic carbocycles. The van der Waals surface area contributed by atoms with Crippen molar-refractivity contribution in [3.05, 3.63) is 36.4 Å². The summed E-state index contributed by atoms with van der Waals surface area (Å²) in [5.41, 5.74) is 8.23. The fourth-order valence-corrected chi connectivity index (χ4v) is 2.67. The minimum Gasteiger partial charge on any atom is -0.398 e. The van der Waals surface area contributed by atoms with Crippen LogP contribution in [0.3, 0.4) is 0 Å². The van der Waals surface area contributed by atoms with Gasteiger partial charge in [-0.15, -0.1) is 0 Å². The Morgan fingerprint density at radius 3 is 2.67 bits per heavy atom. The zero-order valence-electron chi connectivity index (χ0n) is 10.5. The molecule has 0 unspecified atom stereocenters. The summed E-state index contributed by atoms with van der Waals surface area (Å²) >= 11 is 0. The second-order valence-corrected chi connectivity index (χ2v) is 4.81. The molecule has 3 rings (SSSR count). The van der Waals surface area contributed by atoms with E-state index in [2.05, 4.69) is 34.5 Å². The monoisotopic (exact) mass is 241 g/mol. The maximum Gasteiger partial charge on any atom is 0.0447 e. The van der Waals surface area contributed by atoms with Crippen molar-refractivity contribution in [1.29, 1.82) is 0 Å². The standard InChI is InChI=1S/C15H19N3/c16-14-6-7-15(13-5-2-1-4-12(13)14)18-10-3-8-17-9-11-18/h1-2,4-7,17H,3,8-11,16H2. The van der Waals surface area contributed by atoms with E-state index < -0.39 is 0 Å². The van der Waals surface area contributed by atoms with Crippen LogP contribution in [0.15, 0.2) is 36.4 Å². The van der Waals surface area contributed by atoms with Gasteiger partial charge in [0.15, 0.2) is 0 Å². The molecule has 3 N–H and O–H groups in total. The van der Waals surface area contributed by atoms with Crippen LogP contribution >= 0.6 is 0 Å². The van der Waals surface area contributed by atoms with Crippen LogP contribution in [0.25, 0.3) is 10.8 Å². The number of fused-ring (bicyclic) bond motifs is 1. The van der Waals surface area contributed by atoms with Gasteiger partial charge in [-0.3, -0.25) is 0 Å². The van der Waals surface area contributed by atoms with Crippen molar-refractivity contribution in [1.82, 2.24) is 5.32 Å². The van der Waals surface area contributed by atoms with Crippen molar-refractivity contribution in [2.75, 3.05) is 36.8 Å². The second-order valence-electron chi connectivity index (χ2n) is 4.81. The van der Waals surface area contributed by atoms with Gasteiger partial charge in [-0.25, -0.2) is 0 Å². The van der Waals surface area contributed by atoms with E-state index in [1.165, 1.54) is 17.5 Å². The summed E-state index contributed by atoms with van der Waals surface area (Å²) in [6.07, 6.45) is 1.19. The van der Waals surface area contributed by atoms with Gasteiger partial charge in [0, 0.05) is 41.8 Å². The van der Waals surface area contributed by atoms with E-state index >= 15 is 0 Å². The lowest BCUT2D eigenvalue weighted by Crippen LogP contribution is -2.27. The van der Waals surface area contributed by atoms with Crippen LogP contribution in [-0.2, 0) is 0 Å². The summed E-state index contributed by atoms with van der Waals surface area (Å²) in [7, 11) is 0. The van der Waals surface area contributed by atoms with Crippen LogP contribution in [0, 0.1) is 0 Å². The number of hydrogen-bond acceptors (Lipinski definition) is 3. The Labute approximate surface area is 108 Å². The molecular formula is C15H19N3. The highest BCUT2D eigenvalue weighted by Crippen LogP contribution is 2.30. The molecule has 1 heterocycles. The number of hydrogen-bond donors (Lipinski definition) is 2. The first-order chi connectivity index (χ1) is 8.86. The molecule has 18 heavy (non-hydrogen) atoms. The summed E-state index contributed by atoms with van der Waals surface area (Å²) in [6.45, 7) is 4.34. The van der Waals surface area contributed by atoms with Crippen LogP contribution < -0.4 is 16.0 Å². The molecule has 0 saturated carbocycles. The van der Waals surface area contributed by atoms with Crippen molar-refractivity contribution in [2.45, 2.75) is 6.42 Å². The SMILES string of the molecule is Nc1ccc(N2CCCNCC2)c2ccccc12. The van der Waals surface area contributed by atoms with Crippen molar-refractivity contribution >= 4 is 22.1 Å². The molecule has 2 aromatic rings. The molecule has 0 bridgehead atoms. The lowest BCUT2D eigenvalue weighted by Gasteiger charge is -2.24. The van der Waals surface area contributed by atoms with Gasteiger partial charge in [-0.05, 0) is 25.1 Å². The van der Waals surface area contributed by atoms with Crippen molar-refractivity contribution in [2.24, 2.45) is 0 Å². The Kier molecular flexibility index (Phi) is 3.07. The normalized spacial score (nSPS) is 16.8. The Balaban J connectivity index is 2.08. The number of nitrogens with zero attached hydrogens (tertiary/aromatic N) is 1. The van der Waals surface area contributed by atoms with Crippen LogP contribution in [0.1, 0.15) is 6.42 Å². The van der Waals surface area contributed by atoms with E-state index in [-0.39, 0.29) is 0 Å². The Hall–Kier alpha value is -1.74. The molecule has 0 spiro atoms. The number of nitrogens with two attached hydrogens (primary N) is 1. The van der Waals surface area contributed by atoms with Gasteiger partial charge in [0.05, 0.1) is 0 Å². The van der Waals surface area contributed by atoms with Gasteiger partial charge in [0.2, 0.25) is 0 Å². The quantitative estimate of drug-likeness (QED) is 0.752. The number of rotatable bonds is 1. The molecule has 0 amide bonds. The van der Waals surface area contributed by atoms with Crippen molar-refractivity contribution < 1.29 is 0 Å². The van der Waals surface area contributed by atoms with E-state index in [0.717, 1.165) is 37.3 Å². The third-order valence-electron chi connectivity index (χ3n) is 3.62. The number of benzene rings is 2. The third-order valence-corrected chi connectivity index (χ3v) is 3.62. The Morgan fingerprint density at radius 1 is 0.944 bits per heavy atom. The predicted octanol–water partition coefficient (Wildman–Crippen LogP) is 2.22. The summed E-state index contributed by atoms with van der Waals surface area (Å²) in [6, 6.07) is 12.6. The maximum absolute atomic E-state index is 6.05. The second kappa shape index (κ2) is 4.86. The van der Waals surface area contributed by atoms with Crippen LogP contribution in [0.2, 0.25) is 0 Å². The Bertz CT molecular complexity index is 542. The lowest BCUT2D eigenvalue weighted by molar-refractivity contribution is 0.724. The largest absolute Gasteiger partial charge is 0.398 e. The smallest absolute Gasteiger partial charge is 0.0447 e. The predicted molar refractivity (Wildman–Crippen MR) is 78.1 cm³/mol. The van der Waals surface area contributed by atoms with E-state index in [0.29, 0.717) is 0 Å². The van der Waals surface area contributed by atoms with Crippen LogP contribution in [-0.4, -0.2) is 26.2 Å².